The van der Waals surface area contributed by atoms with Gasteiger partial charge in [-0.3, -0.25) is 0 Å². The van der Waals surface area contributed by atoms with Crippen LogP contribution in [-0.4, -0.2) is 54.3 Å². The van der Waals surface area contributed by atoms with E-state index in [4.69, 9.17) is 30.0 Å². The molecule has 37 heavy (non-hydrogen) atoms. The van der Waals surface area contributed by atoms with E-state index >= 15 is 0 Å². The maximum absolute atomic E-state index is 12.5. The Morgan fingerprint density at radius 2 is 1.11 bits per heavy atom. The van der Waals surface area contributed by atoms with Crippen LogP contribution in [0.5, 0.6) is 5.75 Å². The number of ether oxygens (including phenoxy) is 1. The van der Waals surface area contributed by atoms with Crippen LogP contribution in [0.15, 0.2) is 75.0 Å². The van der Waals surface area contributed by atoms with Crippen LogP contribution >= 0.6 is 0 Å². The molecule has 2 aromatic rings. The number of rotatable bonds is 8. The van der Waals surface area contributed by atoms with Crippen molar-refractivity contribution in [2.24, 2.45) is 20.4 Å². The third-order valence-corrected chi connectivity index (χ3v) is 4.45. The number of halogens is 6. The van der Waals surface area contributed by atoms with Crippen molar-refractivity contribution in [1.29, 1.82) is 0 Å². The molecular weight excluding hydrogens is 594 g/mol. The molecule has 0 saturated heterocycles. The number of nitrogens with one attached hydrogen (secondary N) is 2. The van der Waals surface area contributed by atoms with E-state index in [-0.39, 0.29) is 28.5 Å². The van der Waals surface area contributed by atoms with Crippen molar-refractivity contribution in [3.8, 4) is 5.75 Å². The van der Waals surface area contributed by atoms with Crippen molar-refractivity contribution in [3.63, 3.8) is 0 Å². The van der Waals surface area contributed by atoms with Gasteiger partial charge in [0.15, 0.2) is 0 Å². The van der Waals surface area contributed by atoms with Crippen LogP contribution < -0.4 is 15.4 Å². The van der Waals surface area contributed by atoms with Crippen LogP contribution in [0.4, 0.5) is 26.3 Å². The Hall–Kier alpha value is -2.94. The zero-order valence-electron chi connectivity index (χ0n) is 18.7. The fourth-order valence-corrected chi connectivity index (χ4v) is 2.67. The van der Waals surface area contributed by atoms with Crippen molar-refractivity contribution >= 4 is 47.0 Å². The van der Waals surface area contributed by atoms with E-state index in [0.29, 0.717) is 16.9 Å². The first-order valence-electron chi connectivity index (χ1n) is 9.85. The van der Waals surface area contributed by atoms with Crippen LogP contribution in [0.2, 0.25) is 0 Å². The molecular formula is C21H18CuF6N6OS2. The second kappa shape index (κ2) is 14.7. The fourth-order valence-electron chi connectivity index (χ4n) is 2.44. The average molecular weight is 612 g/mol. The van der Waals surface area contributed by atoms with Crippen molar-refractivity contribution in [1.82, 2.24) is 10.6 Å². The predicted molar refractivity (Wildman–Crippen MR) is 130 cm³/mol. The van der Waals surface area contributed by atoms with E-state index in [9.17, 15) is 26.3 Å². The molecule has 1 radical (unpaired) electrons. The fraction of sp³-hybridized carbons (Fsp3) is 0.238. The van der Waals surface area contributed by atoms with Gasteiger partial charge in [-0.25, -0.2) is 0 Å². The third kappa shape index (κ3) is 12.2. The van der Waals surface area contributed by atoms with Gasteiger partial charge in [-0.15, -0.1) is 10.2 Å². The zero-order valence-corrected chi connectivity index (χ0v) is 21.3. The van der Waals surface area contributed by atoms with Gasteiger partial charge in [-0.05, 0) is 34.6 Å². The first-order valence-corrected chi connectivity index (χ1v) is 10.7. The number of hydrogen-bond donors (Lipinski definition) is 2. The first-order chi connectivity index (χ1) is 16.9. The summed E-state index contributed by atoms with van der Waals surface area (Å²) in [6.45, 7) is -2.84. The first kappa shape index (κ1) is 32.1. The molecule has 16 heteroatoms. The van der Waals surface area contributed by atoms with Gasteiger partial charge in [0.1, 0.15) is 30.3 Å². The Morgan fingerprint density at radius 3 is 1.49 bits per heavy atom. The van der Waals surface area contributed by atoms with Gasteiger partial charge in [0.05, 0.1) is 7.11 Å². The SMILES string of the molecule is COc1ccc(C(=N\N=C(/[S-])NCC(F)(F)F)/C(=N/N=C(\[S-])NCC(F)(F)F)c2ccccc2)cc1.[Cu+2]. The summed E-state index contributed by atoms with van der Waals surface area (Å²) in [7, 11) is 1.45. The van der Waals surface area contributed by atoms with Gasteiger partial charge in [0, 0.05) is 11.1 Å². The van der Waals surface area contributed by atoms with Gasteiger partial charge >= 0.3 is 29.4 Å². The minimum absolute atomic E-state index is 0. The number of amidine groups is 2. The van der Waals surface area contributed by atoms with Crippen molar-refractivity contribution in [2.45, 2.75) is 12.4 Å². The van der Waals surface area contributed by atoms with E-state index in [1.165, 1.54) is 7.11 Å². The Morgan fingerprint density at radius 1 is 0.703 bits per heavy atom. The zero-order chi connectivity index (χ0) is 26.8. The third-order valence-electron chi connectivity index (χ3n) is 4.00. The van der Waals surface area contributed by atoms with E-state index in [1.54, 1.807) is 54.6 Å². The molecule has 2 rings (SSSR count). The summed E-state index contributed by atoms with van der Waals surface area (Å²) < 4.78 is 80.0. The summed E-state index contributed by atoms with van der Waals surface area (Å²) >= 11 is 9.60. The summed E-state index contributed by atoms with van der Waals surface area (Å²) in [5, 5.41) is 18.0. The Bertz CT molecular complexity index is 1120. The summed E-state index contributed by atoms with van der Waals surface area (Å²) in [6, 6.07) is 14.5. The van der Waals surface area contributed by atoms with Crippen molar-refractivity contribution in [2.75, 3.05) is 20.2 Å². The van der Waals surface area contributed by atoms with E-state index < -0.39 is 35.8 Å². The van der Waals surface area contributed by atoms with Gasteiger partial charge in [-0.1, -0.05) is 30.3 Å². The second-order valence-corrected chi connectivity index (χ2v) is 7.51. The van der Waals surface area contributed by atoms with Gasteiger partial charge in [0.25, 0.3) is 0 Å². The monoisotopic (exact) mass is 611 g/mol. The maximum Gasteiger partial charge on any atom is 2.00 e. The molecule has 203 valence electrons. The standard InChI is InChI=1S/C21H20F6N6OS2.Cu/c1-34-15-9-7-14(8-10-15)17(31-33-19(36)29-12-21(25,26)27)16(13-5-3-2-4-6-13)30-32-18(35)28-11-20(22,23)24;/h2-10H,11-12H2,1H3,(H2,28,32,35)(H2,29,33,36);/q;+2/p-2/b30-16+,31-17+;. The molecule has 2 aromatic carbocycles. The van der Waals surface area contributed by atoms with Crippen LogP contribution in [0, 0.1) is 0 Å². The summed E-state index contributed by atoms with van der Waals surface area (Å²) in [4.78, 5) is 0. The largest absolute Gasteiger partial charge is 2.00 e. The summed E-state index contributed by atoms with van der Waals surface area (Å²) in [5.74, 6) is 0.498. The Labute approximate surface area is 229 Å². The van der Waals surface area contributed by atoms with Crippen LogP contribution in [-0.2, 0) is 42.3 Å². The van der Waals surface area contributed by atoms with E-state index in [0.717, 1.165) is 0 Å². The average Bonchev–Trinajstić information content (AvgIpc) is 2.83. The van der Waals surface area contributed by atoms with Crippen LogP contribution in [0.3, 0.4) is 0 Å². The van der Waals surface area contributed by atoms with Gasteiger partial charge < -0.3 is 40.6 Å². The van der Waals surface area contributed by atoms with E-state index in [2.05, 4.69) is 20.4 Å². The minimum Gasteiger partial charge on any atom is -0.741 e. The molecule has 0 amide bonds. The summed E-state index contributed by atoms with van der Waals surface area (Å²) in [5.41, 5.74) is 0.811. The van der Waals surface area contributed by atoms with Gasteiger partial charge in [0.2, 0.25) is 0 Å². The molecule has 0 aliphatic heterocycles. The topological polar surface area (TPSA) is 82.7 Å². The molecule has 7 nitrogen and oxygen atoms in total. The summed E-state index contributed by atoms with van der Waals surface area (Å²) in [6.07, 6.45) is -9.06. The maximum atomic E-state index is 12.5. The van der Waals surface area contributed by atoms with Crippen molar-refractivity contribution < 1.29 is 48.1 Å². The molecule has 0 aromatic heterocycles. The quantitative estimate of drug-likeness (QED) is 0.118. The molecule has 0 atom stereocenters. The van der Waals surface area contributed by atoms with Crippen LogP contribution in [0.25, 0.3) is 0 Å². The molecule has 0 aliphatic rings. The molecule has 0 fully saturated rings. The molecule has 2 N–H and O–H groups in total. The molecule has 0 heterocycles. The minimum atomic E-state index is -4.53. The van der Waals surface area contributed by atoms with Crippen LogP contribution in [0.1, 0.15) is 11.1 Å². The van der Waals surface area contributed by atoms with Crippen molar-refractivity contribution in [3.05, 3.63) is 65.7 Å². The number of hydrogen-bond acceptors (Lipinski definition) is 7. The smallest absolute Gasteiger partial charge is 0.741 e. The number of nitrogens with zero attached hydrogens (tertiary/aromatic N) is 4. The number of alkyl halides is 6. The Kier molecular flexibility index (Phi) is 12.8. The molecule has 0 saturated carbocycles. The predicted octanol–water partition coefficient (Wildman–Crippen LogP) is 3.91. The molecule has 0 bridgehead atoms. The normalized spacial score (nSPS) is 13.6. The number of methoxy groups -OCH3 is 1. The number of benzene rings is 2. The van der Waals surface area contributed by atoms with Gasteiger partial charge in [-0.2, -0.15) is 36.5 Å². The molecule has 0 aliphatic carbocycles. The second-order valence-electron chi connectivity index (χ2n) is 6.74. The molecule has 0 unspecified atom stereocenters. The van der Waals surface area contributed by atoms with E-state index in [1.807, 2.05) is 10.6 Å². The Balaban J connectivity index is 0.00000684. The molecule has 0 spiro atoms.